The number of hydrogen-bond donors (Lipinski definition) is 1. The molecule has 0 aliphatic heterocycles. The van der Waals surface area contributed by atoms with Crippen LogP contribution in [0.4, 0.5) is 4.39 Å². The van der Waals surface area contributed by atoms with Crippen LogP contribution in [0.15, 0.2) is 18.2 Å². The predicted molar refractivity (Wildman–Crippen MR) is 79.7 cm³/mol. The maximum atomic E-state index is 13.5. The molecule has 1 fully saturated rings. The number of nitrogens with one attached hydrogen (secondary N) is 1. The molecule has 0 saturated heterocycles. The summed E-state index contributed by atoms with van der Waals surface area (Å²) in [5.74, 6) is -0.00319. The standard InChI is InChI=1S/C16H21ClFNO/c1-12-5-6-13(9-14(12)18)15(20)19-11-16(10-17)7-3-2-4-8-16/h5-6,9H,2-4,7-8,10-11H2,1H3,(H,19,20). The average molecular weight is 298 g/mol. The highest BCUT2D eigenvalue weighted by Gasteiger charge is 2.31. The van der Waals surface area contributed by atoms with Gasteiger partial charge < -0.3 is 5.32 Å². The Balaban J connectivity index is 1.98. The topological polar surface area (TPSA) is 29.1 Å². The van der Waals surface area contributed by atoms with Crippen molar-refractivity contribution in [1.29, 1.82) is 0 Å². The zero-order valence-corrected chi connectivity index (χ0v) is 12.6. The smallest absolute Gasteiger partial charge is 0.251 e. The minimum Gasteiger partial charge on any atom is -0.351 e. The fourth-order valence-electron chi connectivity index (χ4n) is 2.76. The molecule has 1 saturated carbocycles. The van der Waals surface area contributed by atoms with E-state index in [1.165, 1.54) is 25.3 Å². The number of hydrogen-bond acceptors (Lipinski definition) is 1. The van der Waals surface area contributed by atoms with Gasteiger partial charge in [-0.15, -0.1) is 11.6 Å². The van der Waals surface area contributed by atoms with E-state index in [0.717, 1.165) is 12.8 Å². The van der Waals surface area contributed by atoms with E-state index < -0.39 is 0 Å². The molecule has 0 spiro atoms. The first-order valence-electron chi connectivity index (χ1n) is 7.17. The van der Waals surface area contributed by atoms with Crippen molar-refractivity contribution in [2.75, 3.05) is 12.4 Å². The van der Waals surface area contributed by atoms with Crippen LogP contribution in [0, 0.1) is 18.2 Å². The van der Waals surface area contributed by atoms with Crippen molar-refractivity contribution >= 4 is 17.5 Å². The molecule has 1 aliphatic carbocycles. The van der Waals surface area contributed by atoms with Crippen molar-refractivity contribution in [1.82, 2.24) is 5.32 Å². The fourth-order valence-corrected chi connectivity index (χ4v) is 3.13. The number of carbonyl (C=O) groups is 1. The molecule has 0 aromatic heterocycles. The highest BCUT2D eigenvalue weighted by atomic mass is 35.5. The van der Waals surface area contributed by atoms with Crippen molar-refractivity contribution < 1.29 is 9.18 Å². The first-order chi connectivity index (χ1) is 9.56. The summed E-state index contributed by atoms with van der Waals surface area (Å²) >= 11 is 6.10. The lowest BCUT2D eigenvalue weighted by molar-refractivity contribution is 0.0920. The lowest BCUT2D eigenvalue weighted by atomic mass is 9.75. The molecule has 0 unspecified atom stereocenters. The van der Waals surface area contributed by atoms with Crippen molar-refractivity contribution in [2.24, 2.45) is 5.41 Å². The fraction of sp³-hybridized carbons (Fsp3) is 0.562. The zero-order valence-electron chi connectivity index (χ0n) is 11.8. The minimum atomic E-state index is -0.345. The first kappa shape index (κ1) is 15.3. The summed E-state index contributed by atoms with van der Waals surface area (Å²) < 4.78 is 13.5. The molecule has 0 radical (unpaired) electrons. The van der Waals surface area contributed by atoms with Crippen molar-refractivity contribution in [3.8, 4) is 0 Å². The summed E-state index contributed by atoms with van der Waals surface area (Å²) in [7, 11) is 0. The second-order valence-electron chi connectivity index (χ2n) is 5.84. The van der Waals surface area contributed by atoms with Gasteiger partial charge in [-0.3, -0.25) is 4.79 Å². The third kappa shape index (κ3) is 3.51. The van der Waals surface area contributed by atoms with Crippen LogP contribution in [0.5, 0.6) is 0 Å². The van der Waals surface area contributed by atoms with E-state index in [1.54, 1.807) is 19.1 Å². The minimum absolute atomic E-state index is 0.0126. The first-order valence-corrected chi connectivity index (χ1v) is 7.70. The largest absolute Gasteiger partial charge is 0.351 e. The molecule has 1 N–H and O–H groups in total. The van der Waals surface area contributed by atoms with Crippen LogP contribution < -0.4 is 5.32 Å². The highest BCUT2D eigenvalue weighted by Crippen LogP contribution is 2.36. The lowest BCUT2D eigenvalue weighted by Gasteiger charge is -2.35. The SMILES string of the molecule is Cc1ccc(C(=O)NCC2(CCl)CCCCC2)cc1F. The van der Waals surface area contributed by atoms with Crippen LogP contribution in [0.25, 0.3) is 0 Å². The van der Waals surface area contributed by atoms with Crippen molar-refractivity contribution in [3.63, 3.8) is 0 Å². The average Bonchev–Trinajstić information content (AvgIpc) is 2.48. The highest BCUT2D eigenvalue weighted by molar-refractivity contribution is 6.18. The van der Waals surface area contributed by atoms with E-state index in [2.05, 4.69) is 5.32 Å². The van der Waals surface area contributed by atoms with Crippen molar-refractivity contribution in [2.45, 2.75) is 39.0 Å². The van der Waals surface area contributed by atoms with Crippen molar-refractivity contribution in [3.05, 3.63) is 35.1 Å². The Kier molecular flexibility index (Phi) is 5.03. The summed E-state index contributed by atoms with van der Waals surface area (Å²) in [6, 6.07) is 4.57. The normalized spacial score (nSPS) is 17.8. The Labute approximate surface area is 124 Å². The molecule has 110 valence electrons. The van der Waals surface area contributed by atoms with Gasteiger partial charge in [0.05, 0.1) is 0 Å². The van der Waals surface area contributed by atoms with Gasteiger partial charge in [0.1, 0.15) is 5.82 Å². The second kappa shape index (κ2) is 6.57. The quantitative estimate of drug-likeness (QED) is 0.835. The molecule has 0 bridgehead atoms. The summed E-state index contributed by atoms with van der Waals surface area (Å²) in [5, 5.41) is 2.92. The summed E-state index contributed by atoms with van der Waals surface area (Å²) in [4.78, 5) is 12.1. The van der Waals surface area contributed by atoms with E-state index in [9.17, 15) is 9.18 Å². The van der Waals surface area contributed by atoms with Gasteiger partial charge in [-0.05, 0) is 37.5 Å². The monoisotopic (exact) mass is 297 g/mol. The summed E-state index contributed by atoms with van der Waals surface area (Å²) in [5.41, 5.74) is 0.929. The number of benzene rings is 1. The van der Waals surface area contributed by atoms with E-state index in [0.29, 0.717) is 23.6 Å². The maximum absolute atomic E-state index is 13.5. The molecular weight excluding hydrogens is 277 g/mol. The van der Waals surface area contributed by atoms with E-state index >= 15 is 0 Å². The number of amides is 1. The number of alkyl halides is 1. The van der Waals surface area contributed by atoms with Crippen LogP contribution in [-0.4, -0.2) is 18.3 Å². The Morgan fingerprint density at radius 2 is 2.05 bits per heavy atom. The van der Waals surface area contributed by atoms with Gasteiger partial charge in [-0.25, -0.2) is 4.39 Å². The molecule has 20 heavy (non-hydrogen) atoms. The molecule has 2 nitrogen and oxygen atoms in total. The summed E-state index contributed by atoms with van der Waals surface area (Å²) in [6.07, 6.45) is 5.69. The molecule has 1 amide bonds. The van der Waals surface area contributed by atoms with Gasteiger partial charge in [0, 0.05) is 23.4 Å². The van der Waals surface area contributed by atoms with Crippen LogP contribution >= 0.6 is 11.6 Å². The van der Waals surface area contributed by atoms with Gasteiger partial charge in [0.15, 0.2) is 0 Å². The third-order valence-corrected chi connectivity index (χ3v) is 4.82. The number of rotatable bonds is 4. The number of aryl methyl sites for hydroxylation is 1. The lowest BCUT2D eigenvalue weighted by Crippen LogP contribution is -2.40. The number of carbonyl (C=O) groups excluding carboxylic acids is 1. The van der Waals surface area contributed by atoms with Gasteiger partial charge in [0.25, 0.3) is 5.91 Å². The van der Waals surface area contributed by atoms with Crippen LogP contribution in [0.1, 0.15) is 48.0 Å². The van der Waals surface area contributed by atoms with Gasteiger partial charge >= 0.3 is 0 Å². The Morgan fingerprint density at radius 1 is 1.35 bits per heavy atom. The second-order valence-corrected chi connectivity index (χ2v) is 6.11. The number of halogens is 2. The maximum Gasteiger partial charge on any atom is 0.251 e. The Hall–Kier alpha value is -1.09. The molecule has 1 aromatic carbocycles. The van der Waals surface area contributed by atoms with Gasteiger partial charge in [-0.1, -0.05) is 25.3 Å². The molecule has 0 atom stereocenters. The predicted octanol–water partition coefficient (Wildman–Crippen LogP) is 4.05. The molecule has 2 rings (SSSR count). The van der Waals surface area contributed by atoms with Gasteiger partial charge in [0.2, 0.25) is 0 Å². The van der Waals surface area contributed by atoms with E-state index in [1.807, 2.05) is 0 Å². The Bertz CT molecular complexity index is 483. The van der Waals surface area contributed by atoms with E-state index in [4.69, 9.17) is 11.6 Å². The molecule has 4 heteroatoms. The van der Waals surface area contributed by atoms with Crippen LogP contribution in [-0.2, 0) is 0 Å². The van der Waals surface area contributed by atoms with Crippen LogP contribution in [0.2, 0.25) is 0 Å². The van der Waals surface area contributed by atoms with Gasteiger partial charge in [-0.2, -0.15) is 0 Å². The van der Waals surface area contributed by atoms with E-state index in [-0.39, 0.29) is 17.1 Å². The van der Waals surface area contributed by atoms with Crippen LogP contribution in [0.3, 0.4) is 0 Å². The third-order valence-electron chi connectivity index (χ3n) is 4.26. The summed E-state index contributed by atoms with van der Waals surface area (Å²) in [6.45, 7) is 2.26. The molecule has 1 aromatic rings. The zero-order chi connectivity index (χ0) is 14.6. The Morgan fingerprint density at radius 3 is 2.65 bits per heavy atom. The molecular formula is C16H21ClFNO. The molecule has 0 heterocycles. The molecule has 1 aliphatic rings.